The van der Waals surface area contributed by atoms with E-state index in [-0.39, 0.29) is 6.79 Å². The third kappa shape index (κ3) is 2.02. The molecular formula is C12H14N4O3. The van der Waals surface area contributed by atoms with Gasteiger partial charge in [0.15, 0.2) is 11.5 Å². The molecule has 0 fully saturated rings. The van der Waals surface area contributed by atoms with Crippen LogP contribution in [-0.2, 0) is 17.9 Å². The second-order valence-corrected chi connectivity index (χ2v) is 4.07. The van der Waals surface area contributed by atoms with Crippen LogP contribution in [0.3, 0.4) is 0 Å². The number of nitrogens with two attached hydrogens (primary N) is 1. The number of nitrogens with zero attached hydrogens (tertiary/aromatic N) is 3. The first-order valence-corrected chi connectivity index (χ1v) is 5.86. The summed E-state index contributed by atoms with van der Waals surface area (Å²) in [5, 5.41) is 8.17. The Morgan fingerprint density at radius 2 is 2.21 bits per heavy atom. The first kappa shape index (κ1) is 11.9. The van der Waals surface area contributed by atoms with Gasteiger partial charge in [0, 0.05) is 19.7 Å². The van der Waals surface area contributed by atoms with Crippen molar-refractivity contribution in [2.45, 2.75) is 13.2 Å². The number of ether oxygens (including phenoxy) is 3. The molecule has 0 aliphatic carbocycles. The van der Waals surface area contributed by atoms with E-state index >= 15 is 0 Å². The highest BCUT2D eigenvalue weighted by Crippen LogP contribution is 2.33. The zero-order valence-electron chi connectivity index (χ0n) is 10.5. The number of aromatic nitrogens is 3. The van der Waals surface area contributed by atoms with E-state index in [2.05, 4.69) is 10.3 Å². The van der Waals surface area contributed by atoms with Crippen LogP contribution in [0.4, 0.5) is 0 Å². The Labute approximate surface area is 109 Å². The number of hydrogen-bond donors (Lipinski definition) is 1. The molecule has 2 N–H and O–H groups in total. The maximum atomic E-state index is 5.65. The molecule has 1 aliphatic rings. The van der Waals surface area contributed by atoms with E-state index in [9.17, 15) is 0 Å². The van der Waals surface area contributed by atoms with Gasteiger partial charge < -0.3 is 19.9 Å². The third-order valence-electron chi connectivity index (χ3n) is 2.92. The lowest BCUT2D eigenvalue weighted by Crippen LogP contribution is -2.07. The molecule has 2 aromatic rings. The highest BCUT2D eigenvalue weighted by Gasteiger charge is 2.17. The summed E-state index contributed by atoms with van der Waals surface area (Å²) in [6.07, 6.45) is 0. The van der Waals surface area contributed by atoms with Crippen molar-refractivity contribution in [3.8, 4) is 17.2 Å². The Kier molecular flexibility index (Phi) is 3.06. The van der Waals surface area contributed by atoms with Crippen molar-refractivity contribution in [1.82, 2.24) is 15.0 Å². The number of methoxy groups -OCH3 is 1. The molecular weight excluding hydrogens is 248 g/mol. The standard InChI is InChI=1S/C12H14N4O3/c1-17-6-10-9(5-13)14-15-16(10)8-2-3-11-12(4-8)19-7-18-11/h2-4H,5-7,13H2,1H3. The molecule has 7 heteroatoms. The molecule has 0 atom stereocenters. The summed E-state index contributed by atoms with van der Waals surface area (Å²) in [5.74, 6) is 1.43. The second kappa shape index (κ2) is 4.87. The van der Waals surface area contributed by atoms with Crippen LogP contribution >= 0.6 is 0 Å². The Morgan fingerprint density at radius 3 is 3.00 bits per heavy atom. The number of hydrogen-bond acceptors (Lipinski definition) is 6. The van der Waals surface area contributed by atoms with Gasteiger partial charge in [0.25, 0.3) is 0 Å². The van der Waals surface area contributed by atoms with E-state index in [4.69, 9.17) is 19.9 Å². The quantitative estimate of drug-likeness (QED) is 0.868. The molecule has 7 nitrogen and oxygen atoms in total. The molecule has 0 unspecified atom stereocenters. The first-order chi connectivity index (χ1) is 9.33. The van der Waals surface area contributed by atoms with Gasteiger partial charge in [0.1, 0.15) is 5.69 Å². The number of fused-ring (bicyclic) bond motifs is 1. The van der Waals surface area contributed by atoms with Crippen LogP contribution in [-0.4, -0.2) is 28.9 Å². The molecule has 0 spiro atoms. The topological polar surface area (TPSA) is 84.4 Å². The van der Waals surface area contributed by atoms with Gasteiger partial charge in [-0.3, -0.25) is 0 Å². The summed E-state index contributed by atoms with van der Waals surface area (Å²) in [6, 6.07) is 5.59. The van der Waals surface area contributed by atoms with Gasteiger partial charge >= 0.3 is 0 Å². The lowest BCUT2D eigenvalue weighted by molar-refractivity contribution is 0.174. The van der Waals surface area contributed by atoms with E-state index in [1.807, 2.05) is 18.2 Å². The molecule has 0 radical (unpaired) electrons. The fourth-order valence-electron chi connectivity index (χ4n) is 2.00. The van der Waals surface area contributed by atoms with Gasteiger partial charge in [0.2, 0.25) is 6.79 Å². The maximum absolute atomic E-state index is 5.65. The number of rotatable bonds is 4. The van der Waals surface area contributed by atoms with E-state index in [0.717, 1.165) is 22.8 Å². The minimum atomic E-state index is 0.245. The normalized spacial score (nSPS) is 12.9. The molecule has 0 saturated carbocycles. The van der Waals surface area contributed by atoms with Crippen molar-refractivity contribution < 1.29 is 14.2 Å². The fourth-order valence-corrected chi connectivity index (χ4v) is 2.00. The van der Waals surface area contributed by atoms with E-state index < -0.39 is 0 Å². The Balaban J connectivity index is 2.04. The molecule has 1 aromatic heterocycles. The van der Waals surface area contributed by atoms with Gasteiger partial charge in [-0.25, -0.2) is 4.68 Å². The van der Waals surface area contributed by atoms with Crippen molar-refractivity contribution in [2.24, 2.45) is 5.73 Å². The van der Waals surface area contributed by atoms with E-state index in [0.29, 0.717) is 18.9 Å². The predicted octanol–water partition coefficient (Wildman–Crippen LogP) is 0.601. The average Bonchev–Trinajstić information content (AvgIpc) is 3.04. The number of benzene rings is 1. The SMILES string of the molecule is COCc1c(CN)nnn1-c1ccc2c(c1)OCO2. The smallest absolute Gasteiger partial charge is 0.231 e. The Morgan fingerprint density at radius 1 is 1.37 bits per heavy atom. The van der Waals surface area contributed by atoms with Crippen molar-refractivity contribution >= 4 is 0 Å². The predicted molar refractivity (Wildman–Crippen MR) is 66.1 cm³/mol. The lowest BCUT2D eigenvalue weighted by atomic mass is 10.2. The molecule has 0 bridgehead atoms. The van der Waals surface area contributed by atoms with Gasteiger partial charge in [-0.05, 0) is 12.1 Å². The van der Waals surface area contributed by atoms with Crippen molar-refractivity contribution in [2.75, 3.05) is 13.9 Å². The molecule has 0 saturated heterocycles. The van der Waals surface area contributed by atoms with Crippen molar-refractivity contribution in [3.05, 3.63) is 29.6 Å². The monoisotopic (exact) mass is 262 g/mol. The van der Waals surface area contributed by atoms with Gasteiger partial charge in [-0.1, -0.05) is 5.21 Å². The summed E-state index contributed by atoms with van der Waals surface area (Å²) >= 11 is 0. The van der Waals surface area contributed by atoms with Crippen LogP contribution in [0.1, 0.15) is 11.4 Å². The van der Waals surface area contributed by atoms with Gasteiger partial charge in [-0.2, -0.15) is 0 Å². The third-order valence-corrected chi connectivity index (χ3v) is 2.92. The molecule has 19 heavy (non-hydrogen) atoms. The Bertz CT molecular complexity index is 597. The minimum absolute atomic E-state index is 0.245. The summed E-state index contributed by atoms with van der Waals surface area (Å²) < 4.78 is 17.5. The molecule has 100 valence electrons. The van der Waals surface area contributed by atoms with Gasteiger partial charge in [0.05, 0.1) is 18.0 Å². The summed E-state index contributed by atoms with van der Waals surface area (Å²) in [7, 11) is 1.62. The lowest BCUT2D eigenvalue weighted by Gasteiger charge is -2.07. The molecule has 0 amide bonds. The highest BCUT2D eigenvalue weighted by molar-refractivity contribution is 5.50. The average molecular weight is 262 g/mol. The van der Waals surface area contributed by atoms with Crippen LogP contribution in [0.25, 0.3) is 5.69 Å². The van der Waals surface area contributed by atoms with Crippen LogP contribution in [0.5, 0.6) is 11.5 Å². The first-order valence-electron chi connectivity index (χ1n) is 5.86. The van der Waals surface area contributed by atoms with Crippen molar-refractivity contribution in [3.63, 3.8) is 0 Å². The summed E-state index contributed by atoms with van der Waals surface area (Å²) in [6.45, 7) is 0.965. The zero-order chi connectivity index (χ0) is 13.2. The molecule has 1 aliphatic heterocycles. The van der Waals surface area contributed by atoms with Crippen LogP contribution in [0, 0.1) is 0 Å². The summed E-state index contributed by atoms with van der Waals surface area (Å²) in [4.78, 5) is 0. The van der Waals surface area contributed by atoms with E-state index in [1.54, 1.807) is 11.8 Å². The summed E-state index contributed by atoms with van der Waals surface area (Å²) in [5.41, 5.74) is 8.04. The molecule has 2 heterocycles. The Hall–Kier alpha value is -2.12. The van der Waals surface area contributed by atoms with Crippen molar-refractivity contribution in [1.29, 1.82) is 0 Å². The zero-order valence-corrected chi connectivity index (χ0v) is 10.5. The van der Waals surface area contributed by atoms with Crippen LogP contribution in [0.2, 0.25) is 0 Å². The minimum Gasteiger partial charge on any atom is -0.454 e. The van der Waals surface area contributed by atoms with Gasteiger partial charge in [-0.15, -0.1) is 5.10 Å². The molecule has 1 aromatic carbocycles. The molecule has 3 rings (SSSR count). The maximum Gasteiger partial charge on any atom is 0.231 e. The second-order valence-electron chi connectivity index (χ2n) is 4.07. The van der Waals surface area contributed by atoms with Crippen LogP contribution in [0.15, 0.2) is 18.2 Å². The highest BCUT2D eigenvalue weighted by atomic mass is 16.7. The fraction of sp³-hybridized carbons (Fsp3) is 0.333. The largest absolute Gasteiger partial charge is 0.454 e. The van der Waals surface area contributed by atoms with Crippen LogP contribution < -0.4 is 15.2 Å². The van der Waals surface area contributed by atoms with E-state index in [1.165, 1.54) is 0 Å².